The number of aliphatic hydroxyl groups is 1. The molecule has 0 saturated carbocycles. The first-order valence-electron chi connectivity index (χ1n) is 6.70. The Bertz CT molecular complexity index is 731. The van der Waals surface area contributed by atoms with Gasteiger partial charge in [0.1, 0.15) is 5.15 Å². The molecule has 1 unspecified atom stereocenters. The highest BCUT2D eigenvalue weighted by atomic mass is 35.5. The van der Waals surface area contributed by atoms with Crippen molar-refractivity contribution in [2.24, 2.45) is 7.05 Å². The van der Waals surface area contributed by atoms with Crippen molar-refractivity contribution in [2.45, 2.75) is 17.5 Å². The van der Waals surface area contributed by atoms with Crippen LogP contribution in [-0.4, -0.2) is 41.0 Å². The second-order valence-electron chi connectivity index (χ2n) is 4.91. The number of halogens is 1. The van der Waals surface area contributed by atoms with Gasteiger partial charge >= 0.3 is 0 Å². The zero-order valence-electron chi connectivity index (χ0n) is 12.3. The Kier molecular flexibility index (Phi) is 5.23. The molecule has 0 spiro atoms. The maximum Gasteiger partial charge on any atom is 0.263 e. The van der Waals surface area contributed by atoms with Crippen molar-refractivity contribution in [1.29, 1.82) is 0 Å². The molecule has 1 aromatic heterocycles. The minimum Gasteiger partial charge on any atom is -0.396 e. The van der Waals surface area contributed by atoms with E-state index in [1.54, 1.807) is 7.05 Å². The SMILES string of the molecule is CN(C(CCO)c1ccccc1)S(=O)(=O)c1ncn(C)c1Cl. The van der Waals surface area contributed by atoms with Gasteiger partial charge < -0.3 is 9.67 Å². The average molecular weight is 344 g/mol. The molecule has 1 N–H and O–H groups in total. The van der Waals surface area contributed by atoms with Crippen LogP contribution in [0.2, 0.25) is 5.15 Å². The van der Waals surface area contributed by atoms with E-state index in [-0.39, 0.29) is 23.2 Å². The fourth-order valence-corrected chi connectivity index (χ4v) is 3.98. The molecule has 22 heavy (non-hydrogen) atoms. The molecule has 0 radical (unpaired) electrons. The largest absolute Gasteiger partial charge is 0.396 e. The Balaban J connectivity index is 2.42. The number of aromatic nitrogens is 2. The van der Waals surface area contributed by atoms with Gasteiger partial charge in [-0.05, 0) is 12.0 Å². The first-order chi connectivity index (χ1) is 10.4. The minimum absolute atomic E-state index is 0.0580. The number of imidazole rings is 1. The normalized spacial score (nSPS) is 13.5. The molecule has 1 aromatic carbocycles. The summed E-state index contributed by atoms with van der Waals surface area (Å²) in [5.74, 6) is 0. The number of nitrogens with zero attached hydrogens (tertiary/aromatic N) is 3. The summed E-state index contributed by atoms with van der Waals surface area (Å²) >= 11 is 6.01. The van der Waals surface area contributed by atoms with Gasteiger partial charge in [-0.15, -0.1) is 0 Å². The molecule has 0 bridgehead atoms. The van der Waals surface area contributed by atoms with Gasteiger partial charge in [0.05, 0.1) is 12.4 Å². The van der Waals surface area contributed by atoms with Gasteiger partial charge in [-0.25, -0.2) is 13.4 Å². The molecule has 120 valence electrons. The molecule has 1 atom stereocenters. The molecule has 6 nitrogen and oxygen atoms in total. The predicted octanol–water partition coefficient (Wildman–Crippen LogP) is 1.82. The first-order valence-corrected chi connectivity index (χ1v) is 8.52. The van der Waals surface area contributed by atoms with Gasteiger partial charge in [-0.3, -0.25) is 0 Å². The summed E-state index contributed by atoms with van der Waals surface area (Å²) in [5.41, 5.74) is 0.801. The first kappa shape index (κ1) is 17.0. The summed E-state index contributed by atoms with van der Waals surface area (Å²) in [6.07, 6.45) is 1.64. The molecule has 0 aliphatic heterocycles. The van der Waals surface area contributed by atoms with Crippen molar-refractivity contribution in [3.63, 3.8) is 0 Å². The van der Waals surface area contributed by atoms with Crippen molar-refractivity contribution >= 4 is 21.6 Å². The van der Waals surface area contributed by atoms with Crippen LogP contribution in [0, 0.1) is 0 Å². The van der Waals surface area contributed by atoms with Crippen molar-refractivity contribution < 1.29 is 13.5 Å². The van der Waals surface area contributed by atoms with Crippen LogP contribution in [0.15, 0.2) is 41.7 Å². The minimum atomic E-state index is -3.86. The summed E-state index contributed by atoms with van der Waals surface area (Å²) in [7, 11) is -0.772. The van der Waals surface area contributed by atoms with Crippen LogP contribution in [0.1, 0.15) is 18.0 Å². The number of hydrogen-bond acceptors (Lipinski definition) is 4. The van der Waals surface area contributed by atoms with Crippen LogP contribution in [0.3, 0.4) is 0 Å². The average Bonchev–Trinajstić information content (AvgIpc) is 2.85. The van der Waals surface area contributed by atoms with Crippen molar-refractivity contribution in [1.82, 2.24) is 13.9 Å². The molecule has 0 amide bonds. The van der Waals surface area contributed by atoms with Crippen molar-refractivity contribution in [2.75, 3.05) is 13.7 Å². The molecule has 2 rings (SSSR count). The molecule has 0 aliphatic carbocycles. The number of hydrogen-bond donors (Lipinski definition) is 1. The van der Waals surface area contributed by atoms with E-state index in [4.69, 9.17) is 11.6 Å². The van der Waals surface area contributed by atoms with E-state index in [2.05, 4.69) is 4.98 Å². The van der Waals surface area contributed by atoms with Crippen LogP contribution in [-0.2, 0) is 17.1 Å². The van der Waals surface area contributed by atoms with E-state index in [9.17, 15) is 13.5 Å². The summed E-state index contributed by atoms with van der Waals surface area (Å²) in [5, 5.41) is 9.15. The van der Waals surface area contributed by atoms with E-state index in [1.807, 2.05) is 30.3 Å². The van der Waals surface area contributed by atoms with Crippen molar-refractivity contribution in [3.8, 4) is 0 Å². The van der Waals surface area contributed by atoms with E-state index in [0.717, 1.165) is 5.56 Å². The Hall–Kier alpha value is -1.41. The van der Waals surface area contributed by atoms with Gasteiger partial charge in [0.15, 0.2) is 0 Å². The number of rotatable bonds is 6. The van der Waals surface area contributed by atoms with Crippen LogP contribution in [0.5, 0.6) is 0 Å². The highest BCUT2D eigenvalue weighted by Gasteiger charge is 2.32. The monoisotopic (exact) mass is 343 g/mol. The lowest BCUT2D eigenvalue weighted by molar-refractivity contribution is 0.240. The van der Waals surface area contributed by atoms with Crippen LogP contribution < -0.4 is 0 Å². The standard InChI is InChI=1S/C14H18ClN3O3S/c1-17-10-16-14(13(17)15)22(20,21)18(2)12(8-9-19)11-6-4-3-5-7-11/h3-7,10,12,19H,8-9H2,1-2H3. The molecule has 2 aromatic rings. The maximum atomic E-state index is 12.7. The van der Waals surface area contributed by atoms with E-state index < -0.39 is 16.1 Å². The van der Waals surface area contributed by atoms with Crippen molar-refractivity contribution in [3.05, 3.63) is 47.4 Å². The number of benzene rings is 1. The fourth-order valence-electron chi connectivity index (χ4n) is 2.23. The van der Waals surface area contributed by atoms with Gasteiger partial charge in [0.25, 0.3) is 10.0 Å². The van der Waals surface area contributed by atoms with Gasteiger partial charge in [0.2, 0.25) is 5.03 Å². The van der Waals surface area contributed by atoms with E-state index in [0.29, 0.717) is 0 Å². The Morgan fingerprint density at radius 1 is 1.36 bits per heavy atom. The summed E-state index contributed by atoms with van der Waals surface area (Å²) in [4.78, 5) is 3.88. The molecule has 0 fully saturated rings. The molecular weight excluding hydrogens is 326 g/mol. The van der Waals surface area contributed by atoms with Crippen LogP contribution in [0.25, 0.3) is 0 Å². The lowest BCUT2D eigenvalue weighted by atomic mass is 10.0. The quantitative estimate of drug-likeness (QED) is 0.868. The molecule has 0 saturated heterocycles. The predicted molar refractivity (Wildman–Crippen MR) is 84.1 cm³/mol. The molecule has 8 heteroatoms. The Morgan fingerprint density at radius 2 is 2.00 bits per heavy atom. The summed E-state index contributed by atoms with van der Waals surface area (Å²) < 4.78 is 28.1. The topological polar surface area (TPSA) is 75.4 Å². The third-order valence-corrected chi connectivity index (χ3v) is 5.84. The highest BCUT2D eigenvalue weighted by Crippen LogP contribution is 2.30. The Morgan fingerprint density at radius 3 is 2.50 bits per heavy atom. The zero-order valence-corrected chi connectivity index (χ0v) is 13.9. The zero-order chi connectivity index (χ0) is 16.3. The second-order valence-corrected chi connectivity index (χ2v) is 7.18. The van der Waals surface area contributed by atoms with Gasteiger partial charge in [-0.1, -0.05) is 41.9 Å². The van der Waals surface area contributed by atoms with Crippen LogP contribution >= 0.6 is 11.6 Å². The van der Waals surface area contributed by atoms with Crippen LogP contribution in [0.4, 0.5) is 0 Å². The van der Waals surface area contributed by atoms with E-state index in [1.165, 1.54) is 22.2 Å². The van der Waals surface area contributed by atoms with Gasteiger partial charge in [-0.2, -0.15) is 4.31 Å². The third-order valence-electron chi connectivity index (χ3n) is 3.48. The number of sulfonamides is 1. The highest BCUT2D eigenvalue weighted by molar-refractivity contribution is 7.89. The maximum absolute atomic E-state index is 12.7. The second kappa shape index (κ2) is 6.78. The number of aryl methyl sites for hydroxylation is 1. The summed E-state index contributed by atoms with van der Waals surface area (Å²) in [6, 6.07) is 8.67. The lowest BCUT2D eigenvalue weighted by Crippen LogP contribution is -2.32. The van der Waals surface area contributed by atoms with E-state index >= 15 is 0 Å². The fraction of sp³-hybridized carbons (Fsp3) is 0.357. The molecular formula is C14H18ClN3O3S. The molecule has 0 aliphatic rings. The third kappa shape index (κ3) is 3.17. The molecule has 1 heterocycles. The smallest absolute Gasteiger partial charge is 0.263 e. The lowest BCUT2D eigenvalue weighted by Gasteiger charge is -2.26. The summed E-state index contributed by atoms with van der Waals surface area (Å²) in [6.45, 7) is -0.130. The number of aliphatic hydroxyl groups excluding tert-OH is 1. The van der Waals surface area contributed by atoms with Gasteiger partial charge in [0, 0.05) is 20.7 Å². The Labute approximate surface area is 135 Å².